The minimum atomic E-state index is 0.0747. The number of fused-ring (bicyclic) bond motifs is 1. The van der Waals surface area contributed by atoms with E-state index in [1.54, 1.807) is 6.92 Å². The molecular weight excluding hydrogens is 222 g/mol. The van der Waals surface area contributed by atoms with Crippen molar-refractivity contribution in [1.29, 1.82) is 0 Å². The van der Waals surface area contributed by atoms with E-state index >= 15 is 0 Å². The Kier molecular flexibility index (Phi) is 2.69. The molecule has 2 fully saturated rings. The molecule has 1 aromatic rings. The number of nitrogens with one attached hydrogen (secondary N) is 1. The van der Waals surface area contributed by atoms with E-state index in [1.165, 1.54) is 24.8 Å². The van der Waals surface area contributed by atoms with Crippen molar-refractivity contribution >= 4 is 5.91 Å². The molecule has 1 amide bonds. The van der Waals surface area contributed by atoms with E-state index in [4.69, 9.17) is 0 Å². The summed E-state index contributed by atoms with van der Waals surface area (Å²) in [5.74, 6) is 1.93. The minimum absolute atomic E-state index is 0.0747. The molecule has 2 aliphatic rings. The Morgan fingerprint density at radius 1 is 1.28 bits per heavy atom. The summed E-state index contributed by atoms with van der Waals surface area (Å²) < 4.78 is 0. The summed E-state index contributed by atoms with van der Waals surface area (Å²) >= 11 is 0. The summed E-state index contributed by atoms with van der Waals surface area (Å²) in [6, 6.07) is 10.6. The first-order chi connectivity index (χ1) is 8.58. The van der Waals surface area contributed by atoms with E-state index < -0.39 is 0 Å². The smallest absolute Gasteiger partial charge is 0.217 e. The normalized spacial score (nSPS) is 34.8. The van der Waals surface area contributed by atoms with Crippen LogP contribution < -0.4 is 5.32 Å². The second-order valence-electron chi connectivity index (χ2n) is 6.36. The third-order valence-corrected chi connectivity index (χ3v) is 4.70. The molecule has 0 saturated heterocycles. The van der Waals surface area contributed by atoms with Gasteiger partial charge in [-0.05, 0) is 42.1 Å². The van der Waals surface area contributed by atoms with Gasteiger partial charge < -0.3 is 5.32 Å². The van der Waals surface area contributed by atoms with Crippen LogP contribution in [0, 0.1) is 17.3 Å². The van der Waals surface area contributed by atoms with Gasteiger partial charge in [0, 0.05) is 6.92 Å². The lowest BCUT2D eigenvalue weighted by molar-refractivity contribution is -0.120. The van der Waals surface area contributed by atoms with Crippen LogP contribution in [0.4, 0.5) is 0 Å². The molecule has 1 aromatic carbocycles. The fourth-order valence-corrected chi connectivity index (χ4v) is 3.84. The highest BCUT2D eigenvalue weighted by Gasteiger charge is 2.54. The Hall–Kier alpha value is -1.31. The molecule has 96 valence electrons. The van der Waals surface area contributed by atoms with Crippen LogP contribution in [0.2, 0.25) is 0 Å². The second kappa shape index (κ2) is 4.11. The lowest BCUT2D eigenvalue weighted by Crippen LogP contribution is -2.37. The molecular formula is C16H21NO. The number of hydrogen-bond acceptors (Lipinski definition) is 1. The van der Waals surface area contributed by atoms with Gasteiger partial charge in [0.05, 0.1) is 6.04 Å². The highest BCUT2D eigenvalue weighted by molar-refractivity contribution is 5.73. The Morgan fingerprint density at radius 3 is 2.44 bits per heavy atom. The second-order valence-corrected chi connectivity index (χ2v) is 6.36. The molecule has 2 heteroatoms. The third kappa shape index (κ3) is 2.05. The standard InChI is InChI=1S/C16H21NO/c1-11(18)17-15(12-6-4-3-5-7-12)16(2)9-13-8-14(13)10-16/h3-7,13-15H,8-10H2,1-2H3,(H,17,18). The van der Waals surface area contributed by atoms with E-state index in [0.717, 1.165) is 11.8 Å². The van der Waals surface area contributed by atoms with Gasteiger partial charge in [-0.2, -0.15) is 0 Å². The zero-order chi connectivity index (χ0) is 12.8. The van der Waals surface area contributed by atoms with Crippen molar-refractivity contribution in [3.05, 3.63) is 35.9 Å². The van der Waals surface area contributed by atoms with Crippen LogP contribution in [0.25, 0.3) is 0 Å². The molecule has 3 rings (SSSR count). The zero-order valence-corrected chi connectivity index (χ0v) is 11.1. The van der Waals surface area contributed by atoms with E-state index in [9.17, 15) is 4.79 Å². The highest BCUT2D eigenvalue weighted by Crippen LogP contribution is 2.63. The monoisotopic (exact) mass is 243 g/mol. The van der Waals surface area contributed by atoms with Gasteiger partial charge in [0.15, 0.2) is 0 Å². The van der Waals surface area contributed by atoms with Crippen molar-refractivity contribution in [2.45, 2.75) is 39.2 Å². The van der Waals surface area contributed by atoms with Gasteiger partial charge in [-0.25, -0.2) is 0 Å². The van der Waals surface area contributed by atoms with Crippen molar-refractivity contribution in [1.82, 2.24) is 5.32 Å². The summed E-state index contributed by atoms with van der Waals surface area (Å²) in [5.41, 5.74) is 1.48. The fraction of sp³-hybridized carbons (Fsp3) is 0.562. The molecule has 1 N–H and O–H groups in total. The van der Waals surface area contributed by atoms with Gasteiger partial charge >= 0.3 is 0 Å². The van der Waals surface area contributed by atoms with Gasteiger partial charge in [0.25, 0.3) is 0 Å². The Morgan fingerprint density at radius 2 is 1.89 bits per heavy atom. The van der Waals surface area contributed by atoms with Gasteiger partial charge in [-0.3, -0.25) is 4.79 Å². The Labute approximate surface area is 109 Å². The zero-order valence-electron chi connectivity index (χ0n) is 11.1. The van der Waals surface area contributed by atoms with E-state index in [-0.39, 0.29) is 17.4 Å². The predicted molar refractivity (Wildman–Crippen MR) is 71.9 cm³/mol. The first-order valence-electron chi connectivity index (χ1n) is 6.90. The fourth-order valence-electron chi connectivity index (χ4n) is 3.84. The first-order valence-corrected chi connectivity index (χ1v) is 6.90. The highest BCUT2D eigenvalue weighted by atomic mass is 16.1. The van der Waals surface area contributed by atoms with Crippen molar-refractivity contribution in [2.24, 2.45) is 17.3 Å². The van der Waals surface area contributed by atoms with Crippen LogP contribution in [0.1, 0.15) is 44.7 Å². The van der Waals surface area contributed by atoms with Gasteiger partial charge in [-0.1, -0.05) is 37.3 Å². The molecule has 2 aliphatic carbocycles. The Balaban J connectivity index is 1.88. The predicted octanol–water partition coefficient (Wildman–Crippen LogP) is 3.30. The first kappa shape index (κ1) is 11.8. The summed E-state index contributed by atoms with van der Waals surface area (Å²) in [6.45, 7) is 3.96. The maximum absolute atomic E-state index is 11.5. The molecule has 2 nitrogen and oxygen atoms in total. The van der Waals surface area contributed by atoms with Crippen LogP contribution in [0.15, 0.2) is 30.3 Å². The number of rotatable bonds is 3. The molecule has 0 radical (unpaired) electrons. The average Bonchev–Trinajstić information content (AvgIpc) is 2.96. The molecule has 18 heavy (non-hydrogen) atoms. The molecule has 0 bridgehead atoms. The number of carbonyl (C=O) groups is 1. The van der Waals surface area contributed by atoms with Gasteiger partial charge in [0.1, 0.15) is 0 Å². The van der Waals surface area contributed by atoms with Gasteiger partial charge in [0.2, 0.25) is 5.91 Å². The SMILES string of the molecule is CC(=O)NC(c1ccccc1)C1(C)CC2CC2C1. The summed E-state index contributed by atoms with van der Waals surface area (Å²) in [4.78, 5) is 11.5. The largest absolute Gasteiger partial charge is 0.349 e. The molecule has 0 heterocycles. The summed E-state index contributed by atoms with van der Waals surface area (Å²) in [5, 5.41) is 3.18. The van der Waals surface area contributed by atoms with Crippen molar-refractivity contribution < 1.29 is 4.79 Å². The van der Waals surface area contributed by atoms with Crippen molar-refractivity contribution in [3.8, 4) is 0 Å². The van der Waals surface area contributed by atoms with Crippen LogP contribution in [0.5, 0.6) is 0 Å². The maximum atomic E-state index is 11.5. The van der Waals surface area contributed by atoms with E-state index in [1.807, 2.05) is 6.07 Å². The Bertz CT molecular complexity index is 443. The van der Waals surface area contributed by atoms with Crippen LogP contribution in [0.3, 0.4) is 0 Å². The van der Waals surface area contributed by atoms with Crippen molar-refractivity contribution in [3.63, 3.8) is 0 Å². The number of amides is 1. The van der Waals surface area contributed by atoms with E-state index in [2.05, 4.69) is 36.5 Å². The lowest BCUT2D eigenvalue weighted by atomic mass is 9.75. The quantitative estimate of drug-likeness (QED) is 0.867. The van der Waals surface area contributed by atoms with Crippen LogP contribution >= 0.6 is 0 Å². The molecule has 3 unspecified atom stereocenters. The van der Waals surface area contributed by atoms with Crippen LogP contribution in [-0.2, 0) is 4.79 Å². The average molecular weight is 243 g/mol. The summed E-state index contributed by atoms with van der Waals surface area (Å²) in [6.07, 6.45) is 3.94. The number of benzene rings is 1. The molecule has 2 saturated carbocycles. The summed E-state index contributed by atoms with van der Waals surface area (Å²) in [7, 11) is 0. The van der Waals surface area contributed by atoms with Gasteiger partial charge in [-0.15, -0.1) is 0 Å². The third-order valence-electron chi connectivity index (χ3n) is 4.70. The maximum Gasteiger partial charge on any atom is 0.217 e. The lowest BCUT2D eigenvalue weighted by Gasteiger charge is -2.36. The molecule has 0 spiro atoms. The minimum Gasteiger partial charge on any atom is -0.349 e. The van der Waals surface area contributed by atoms with E-state index in [0.29, 0.717) is 0 Å². The van der Waals surface area contributed by atoms with Crippen molar-refractivity contribution in [2.75, 3.05) is 0 Å². The molecule has 3 atom stereocenters. The molecule has 0 aliphatic heterocycles. The van der Waals surface area contributed by atoms with Crippen LogP contribution in [-0.4, -0.2) is 5.91 Å². The number of hydrogen-bond donors (Lipinski definition) is 1. The topological polar surface area (TPSA) is 29.1 Å². The molecule has 0 aromatic heterocycles. The number of carbonyl (C=O) groups excluding carboxylic acids is 1.